The van der Waals surface area contributed by atoms with Gasteiger partial charge in [0, 0.05) is 0 Å². The van der Waals surface area contributed by atoms with E-state index in [0.29, 0.717) is 0 Å². The summed E-state index contributed by atoms with van der Waals surface area (Å²) in [4.78, 5) is 0. The molecule has 0 aromatic rings. The Hall–Kier alpha value is -2.90. The zero-order valence-electron chi connectivity index (χ0n) is 28.2. The normalized spacial score (nSPS) is 30.1. The van der Waals surface area contributed by atoms with Crippen LogP contribution in [0.15, 0.2) is 50.6 Å². The van der Waals surface area contributed by atoms with Crippen molar-refractivity contribution in [1.29, 1.82) is 0 Å². The highest BCUT2D eigenvalue weighted by molar-refractivity contribution is 6.87. The Kier molecular flexibility index (Phi) is 18.7. The van der Waals surface area contributed by atoms with E-state index in [-0.39, 0.29) is 39.6 Å². The van der Waals surface area contributed by atoms with Gasteiger partial charge in [-0.25, -0.2) is 0 Å². The second-order valence-corrected chi connectivity index (χ2v) is 16.2. The molecule has 47 heavy (non-hydrogen) atoms. The fourth-order valence-corrected chi connectivity index (χ4v) is 8.25. The molecule has 2 aliphatic heterocycles. The van der Waals surface area contributed by atoms with Gasteiger partial charge in [-0.3, -0.25) is 0 Å². The number of hydrogen-bond acceptors (Lipinski definition) is 8. The summed E-state index contributed by atoms with van der Waals surface area (Å²) in [5.41, 5.74) is 3.63. The summed E-state index contributed by atoms with van der Waals surface area (Å²) in [6.45, 7) is 22.0. The van der Waals surface area contributed by atoms with Gasteiger partial charge in [0.25, 0.3) is 0 Å². The lowest BCUT2D eigenvalue weighted by Crippen LogP contribution is -2.57. The van der Waals surface area contributed by atoms with E-state index in [2.05, 4.69) is 88.2 Å². The van der Waals surface area contributed by atoms with Gasteiger partial charge in [-0.15, -0.1) is 44.2 Å². The van der Waals surface area contributed by atoms with Crippen molar-refractivity contribution in [1.82, 2.24) is 0 Å². The summed E-state index contributed by atoms with van der Waals surface area (Å²) in [6.07, 6.45) is 6.82. The van der Waals surface area contributed by atoms with Crippen LogP contribution in [0.2, 0.25) is 18.1 Å². The molecule has 0 aromatic carbocycles. The van der Waals surface area contributed by atoms with Gasteiger partial charge in [-0.05, 0) is 30.0 Å². The SMILES string of the molecule is C#C[C@H]1O[C@H](CO)[C@@H](C#CC#C[C@H]2O[C@H](CO)[C@@H](C#C[Si](CC)(CC)CC)[C@H](OCC=C)[C@H]2OCC=C)[C@H](OCC=C)[C@H]1OCC=C. The predicted molar refractivity (Wildman–Crippen MR) is 188 cm³/mol. The van der Waals surface area contributed by atoms with Crippen LogP contribution in [-0.4, -0.2) is 107 Å². The molecule has 0 unspecified atom stereocenters. The first-order chi connectivity index (χ1) is 22.9. The van der Waals surface area contributed by atoms with E-state index >= 15 is 0 Å². The Morgan fingerprint density at radius 1 is 0.638 bits per heavy atom. The highest BCUT2D eigenvalue weighted by Crippen LogP contribution is 2.32. The molecule has 9 heteroatoms. The Labute approximate surface area is 283 Å². The highest BCUT2D eigenvalue weighted by Gasteiger charge is 2.47. The molecule has 2 heterocycles. The maximum atomic E-state index is 10.4. The van der Waals surface area contributed by atoms with Gasteiger partial charge in [-0.1, -0.05) is 62.8 Å². The molecule has 0 saturated carbocycles. The third kappa shape index (κ3) is 11.1. The molecule has 0 spiro atoms. The number of ether oxygens (including phenoxy) is 6. The number of aliphatic hydroxyl groups excluding tert-OH is 2. The van der Waals surface area contributed by atoms with Crippen molar-refractivity contribution in [2.24, 2.45) is 11.8 Å². The molecule has 256 valence electrons. The first kappa shape index (κ1) is 40.3. The van der Waals surface area contributed by atoms with Crippen LogP contribution in [0.5, 0.6) is 0 Å². The number of terminal acetylenes is 1. The average molecular weight is 665 g/mol. The molecule has 0 bridgehead atoms. The van der Waals surface area contributed by atoms with E-state index in [0.717, 1.165) is 18.1 Å². The highest BCUT2D eigenvalue weighted by atomic mass is 28.3. The van der Waals surface area contributed by atoms with Crippen LogP contribution in [0.1, 0.15) is 20.8 Å². The van der Waals surface area contributed by atoms with Crippen LogP contribution in [-0.2, 0) is 28.4 Å². The average Bonchev–Trinajstić information content (AvgIpc) is 3.10. The summed E-state index contributed by atoms with van der Waals surface area (Å²) in [5, 5.41) is 20.6. The third-order valence-corrected chi connectivity index (χ3v) is 13.3. The van der Waals surface area contributed by atoms with Gasteiger partial charge in [-0.2, -0.15) is 0 Å². The number of aliphatic hydroxyl groups is 2. The summed E-state index contributed by atoms with van der Waals surface area (Å²) >= 11 is 0. The Bertz CT molecular complexity index is 1230. The second kappa shape index (κ2) is 21.9. The quantitative estimate of drug-likeness (QED) is 0.138. The molecular weight excluding hydrogens is 612 g/mol. The van der Waals surface area contributed by atoms with E-state index in [4.69, 9.17) is 34.8 Å². The summed E-state index contributed by atoms with van der Waals surface area (Å²) in [7, 11) is -1.80. The van der Waals surface area contributed by atoms with E-state index in [9.17, 15) is 10.2 Å². The maximum absolute atomic E-state index is 10.4. The first-order valence-electron chi connectivity index (χ1n) is 16.3. The molecule has 0 aromatic heterocycles. The largest absolute Gasteiger partial charge is 0.394 e. The fourth-order valence-electron chi connectivity index (χ4n) is 5.75. The van der Waals surface area contributed by atoms with Crippen molar-refractivity contribution in [2.75, 3.05) is 39.6 Å². The van der Waals surface area contributed by atoms with Crippen molar-refractivity contribution >= 4 is 8.07 Å². The van der Waals surface area contributed by atoms with Crippen LogP contribution in [0.25, 0.3) is 0 Å². The standard InChI is InChI=1S/C38H52O8Si/c1-9-22-41-35-29(33(27-39)45-31(13-5)37(35)43-24-11-3)19-17-18-20-32-38(44-25-12-4)36(42-23-10-2)30(34(28-40)46-32)21-26-47(14-6,15-7)16-8/h5,9-12,29-40H,1-4,14-16,22-25,27-28H2,6-8H3/t29-,30-,31-,32-,33-,34-,35+,36+,37+,38+/m1/s1. The molecule has 2 fully saturated rings. The molecule has 2 saturated heterocycles. The van der Waals surface area contributed by atoms with Gasteiger partial charge in [0.1, 0.15) is 44.7 Å². The molecule has 10 atom stereocenters. The monoisotopic (exact) mass is 664 g/mol. The topological polar surface area (TPSA) is 95.8 Å². The minimum absolute atomic E-state index is 0.216. The van der Waals surface area contributed by atoms with Gasteiger partial charge < -0.3 is 38.6 Å². The lowest BCUT2D eigenvalue weighted by Gasteiger charge is -2.42. The smallest absolute Gasteiger partial charge is 0.148 e. The lowest BCUT2D eigenvalue weighted by atomic mass is 9.86. The molecule has 2 aliphatic rings. The van der Waals surface area contributed by atoms with E-state index in [1.165, 1.54) is 0 Å². The molecule has 0 aliphatic carbocycles. The van der Waals surface area contributed by atoms with Crippen molar-refractivity contribution in [2.45, 2.75) is 87.7 Å². The molecule has 2 N–H and O–H groups in total. The predicted octanol–water partition coefficient (Wildman–Crippen LogP) is 3.71. The maximum Gasteiger partial charge on any atom is 0.148 e. The fraction of sp³-hybridized carbons (Fsp3) is 0.579. The lowest BCUT2D eigenvalue weighted by molar-refractivity contribution is -0.203. The van der Waals surface area contributed by atoms with E-state index in [1.54, 1.807) is 24.3 Å². The van der Waals surface area contributed by atoms with Crippen molar-refractivity contribution in [3.05, 3.63) is 50.6 Å². The summed E-state index contributed by atoms with van der Waals surface area (Å²) in [6, 6.07) is 3.12. The second-order valence-electron chi connectivity index (χ2n) is 11.3. The van der Waals surface area contributed by atoms with Crippen molar-refractivity contribution < 1.29 is 38.6 Å². The van der Waals surface area contributed by atoms with Crippen molar-refractivity contribution in [3.8, 4) is 47.5 Å². The van der Waals surface area contributed by atoms with Crippen LogP contribution >= 0.6 is 0 Å². The zero-order valence-corrected chi connectivity index (χ0v) is 29.2. The minimum Gasteiger partial charge on any atom is -0.394 e. The minimum atomic E-state index is -1.80. The molecular formula is C38H52O8Si. The third-order valence-electron chi connectivity index (χ3n) is 8.60. The summed E-state index contributed by atoms with van der Waals surface area (Å²) in [5.74, 6) is 17.0. The van der Waals surface area contributed by atoms with E-state index < -0.39 is 68.7 Å². The van der Waals surface area contributed by atoms with Crippen LogP contribution < -0.4 is 0 Å². The summed E-state index contributed by atoms with van der Waals surface area (Å²) < 4.78 is 36.8. The van der Waals surface area contributed by atoms with Crippen LogP contribution in [0.4, 0.5) is 0 Å². The molecule has 0 radical (unpaired) electrons. The Balaban J connectivity index is 2.52. The molecule has 2 rings (SSSR count). The van der Waals surface area contributed by atoms with Gasteiger partial charge in [0.05, 0.1) is 63.7 Å². The Morgan fingerprint density at radius 2 is 1.04 bits per heavy atom. The van der Waals surface area contributed by atoms with Crippen LogP contribution in [0, 0.1) is 59.3 Å². The Morgan fingerprint density at radius 3 is 1.47 bits per heavy atom. The first-order valence-corrected chi connectivity index (χ1v) is 18.9. The van der Waals surface area contributed by atoms with Crippen LogP contribution in [0.3, 0.4) is 0 Å². The zero-order chi connectivity index (χ0) is 34.7. The molecule has 8 nitrogen and oxygen atoms in total. The van der Waals surface area contributed by atoms with Gasteiger partial charge in [0.15, 0.2) is 0 Å². The van der Waals surface area contributed by atoms with E-state index in [1.807, 2.05) is 0 Å². The van der Waals surface area contributed by atoms with Gasteiger partial charge in [0.2, 0.25) is 0 Å². The molecule has 0 amide bonds. The van der Waals surface area contributed by atoms with Gasteiger partial charge >= 0.3 is 0 Å². The van der Waals surface area contributed by atoms with Crippen molar-refractivity contribution in [3.63, 3.8) is 0 Å². The number of hydrogen-bond donors (Lipinski definition) is 2. The number of rotatable bonds is 17.